The van der Waals surface area contributed by atoms with E-state index >= 15 is 0 Å². The Morgan fingerprint density at radius 3 is 2.74 bits per heavy atom. The standard InChI is InChI=1S/C25H22N6/c1-2-23-29-22-12-19(13-26-24(22)30-23)17-7-8-21-20(11-17)25(28-15-27-21)31-10-9-16-5-3-4-6-18(16)14-31/h3-8,11-13,15H,2,9-10,14H2,1H3,(H,26,29,30). The van der Waals surface area contributed by atoms with Crippen LogP contribution in [0.3, 0.4) is 0 Å². The Labute approximate surface area is 180 Å². The van der Waals surface area contributed by atoms with Gasteiger partial charge < -0.3 is 9.88 Å². The Morgan fingerprint density at radius 1 is 0.935 bits per heavy atom. The molecule has 0 saturated heterocycles. The third-order valence-electron chi connectivity index (χ3n) is 6.10. The first-order valence-corrected chi connectivity index (χ1v) is 10.7. The van der Waals surface area contributed by atoms with Crippen LogP contribution in [0, 0.1) is 0 Å². The molecule has 1 N–H and O–H groups in total. The maximum Gasteiger partial charge on any atom is 0.157 e. The summed E-state index contributed by atoms with van der Waals surface area (Å²) in [7, 11) is 0. The third-order valence-corrected chi connectivity index (χ3v) is 6.10. The summed E-state index contributed by atoms with van der Waals surface area (Å²) in [4.78, 5) is 24.0. The van der Waals surface area contributed by atoms with Crippen LogP contribution in [0.15, 0.2) is 61.1 Å². The second-order valence-electron chi connectivity index (χ2n) is 8.00. The number of rotatable bonds is 3. The average molecular weight is 406 g/mol. The van der Waals surface area contributed by atoms with Crippen LogP contribution in [0.4, 0.5) is 5.82 Å². The van der Waals surface area contributed by atoms with Gasteiger partial charge in [-0.2, -0.15) is 0 Å². The van der Waals surface area contributed by atoms with Gasteiger partial charge in [0.1, 0.15) is 23.5 Å². The summed E-state index contributed by atoms with van der Waals surface area (Å²) in [6.07, 6.45) is 5.46. The normalized spacial score (nSPS) is 13.6. The Hall–Kier alpha value is -3.80. The van der Waals surface area contributed by atoms with Crippen LogP contribution in [-0.2, 0) is 19.4 Å². The molecule has 0 atom stereocenters. The molecule has 0 unspecified atom stereocenters. The summed E-state index contributed by atoms with van der Waals surface area (Å²) in [6, 6.07) is 17.1. The second-order valence-corrected chi connectivity index (χ2v) is 8.00. The fourth-order valence-electron chi connectivity index (χ4n) is 4.42. The zero-order valence-electron chi connectivity index (χ0n) is 17.3. The number of hydrogen-bond acceptors (Lipinski definition) is 5. The molecule has 1 aliphatic heterocycles. The van der Waals surface area contributed by atoms with Crippen LogP contribution in [0.1, 0.15) is 23.9 Å². The first kappa shape index (κ1) is 18.0. The Bertz CT molecular complexity index is 1420. The van der Waals surface area contributed by atoms with Gasteiger partial charge in [-0.1, -0.05) is 37.3 Å². The van der Waals surface area contributed by atoms with Crippen LogP contribution in [0.25, 0.3) is 33.2 Å². The zero-order chi connectivity index (χ0) is 20.8. The molecule has 5 aromatic rings. The molecule has 6 nitrogen and oxygen atoms in total. The molecule has 4 heterocycles. The Balaban J connectivity index is 1.43. The molecule has 31 heavy (non-hydrogen) atoms. The Morgan fingerprint density at radius 2 is 1.84 bits per heavy atom. The van der Waals surface area contributed by atoms with Crippen molar-refractivity contribution < 1.29 is 0 Å². The summed E-state index contributed by atoms with van der Waals surface area (Å²) in [6.45, 7) is 3.91. The predicted octanol–water partition coefficient (Wildman–Crippen LogP) is 4.69. The van der Waals surface area contributed by atoms with Gasteiger partial charge in [-0.15, -0.1) is 0 Å². The molecule has 0 bridgehead atoms. The smallest absolute Gasteiger partial charge is 0.157 e. The van der Waals surface area contributed by atoms with E-state index in [-0.39, 0.29) is 0 Å². The van der Waals surface area contributed by atoms with E-state index in [1.807, 2.05) is 6.20 Å². The maximum absolute atomic E-state index is 4.68. The number of anilines is 1. The molecule has 0 radical (unpaired) electrons. The molecular formula is C25H22N6. The van der Waals surface area contributed by atoms with Crippen molar-refractivity contribution in [1.82, 2.24) is 24.9 Å². The van der Waals surface area contributed by atoms with Gasteiger partial charge in [-0.3, -0.25) is 0 Å². The van der Waals surface area contributed by atoms with Crippen molar-refractivity contribution in [2.45, 2.75) is 26.3 Å². The van der Waals surface area contributed by atoms with Crippen molar-refractivity contribution in [2.75, 3.05) is 11.4 Å². The molecule has 0 saturated carbocycles. The summed E-state index contributed by atoms with van der Waals surface area (Å²) in [5, 5.41) is 1.07. The zero-order valence-corrected chi connectivity index (χ0v) is 17.3. The number of H-pyrrole nitrogens is 1. The van der Waals surface area contributed by atoms with Gasteiger partial charge in [0.05, 0.1) is 5.52 Å². The van der Waals surface area contributed by atoms with Gasteiger partial charge in [0.2, 0.25) is 0 Å². The van der Waals surface area contributed by atoms with Crippen LogP contribution in [0.2, 0.25) is 0 Å². The minimum absolute atomic E-state index is 0.831. The van der Waals surface area contributed by atoms with E-state index in [0.717, 1.165) is 70.8 Å². The molecule has 1 aliphatic rings. The lowest BCUT2D eigenvalue weighted by Crippen LogP contribution is -2.31. The lowest BCUT2D eigenvalue weighted by molar-refractivity contribution is 0.723. The van der Waals surface area contributed by atoms with E-state index in [0.29, 0.717) is 0 Å². The molecule has 6 heteroatoms. The average Bonchev–Trinajstić information content (AvgIpc) is 3.25. The van der Waals surface area contributed by atoms with E-state index in [4.69, 9.17) is 0 Å². The van der Waals surface area contributed by atoms with Crippen molar-refractivity contribution >= 4 is 27.9 Å². The summed E-state index contributed by atoms with van der Waals surface area (Å²) >= 11 is 0. The number of aryl methyl sites for hydroxylation is 1. The number of fused-ring (bicyclic) bond motifs is 3. The maximum atomic E-state index is 4.68. The lowest BCUT2D eigenvalue weighted by atomic mass is 9.99. The van der Waals surface area contributed by atoms with Crippen molar-refractivity contribution in [3.8, 4) is 11.1 Å². The monoisotopic (exact) mass is 406 g/mol. The van der Waals surface area contributed by atoms with E-state index in [2.05, 4.69) is 85.3 Å². The molecule has 0 spiro atoms. The van der Waals surface area contributed by atoms with Gasteiger partial charge >= 0.3 is 0 Å². The first-order valence-electron chi connectivity index (χ1n) is 10.7. The predicted molar refractivity (Wildman–Crippen MR) is 123 cm³/mol. The number of aromatic amines is 1. The summed E-state index contributed by atoms with van der Waals surface area (Å²) < 4.78 is 0. The van der Waals surface area contributed by atoms with Crippen molar-refractivity contribution in [3.05, 3.63) is 78.0 Å². The number of nitrogens with one attached hydrogen (secondary N) is 1. The molecule has 0 amide bonds. The number of nitrogens with zero attached hydrogens (tertiary/aromatic N) is 5. The highest BCUT2D eigenvalue weighted by Crippen LogP contribution is 2.32. The largest absolute Gasteiger partial charge is 0.351 e. The van der Waals surface area contributed by atoms with Gasteiger partial charge in [0.25, 0.3) is 0 Å². The number of aromatic nitrogens is 5. The highest BCUT2D eigenvalue weighted by Gasteiger charge is 2.19. The molecule has 6 rings (SSSR count). The third kappa shape index (κ3) is 3.11. The SMILES string of the molecule is CCc1nc2cc(-c3ccc4ncnc(N5CCc6ccccc6C5)c4c3)cnc2[nH]1. The molecule has 0 aliphatic carbocycles. The van der Waals surface area contributed by atoms with E-state index < -0.39 is 0 Å². The van der Waals surface area contributed by atoms with E-state index in [1.54, 1.807) is 6.33 Å². The van der Waals surface area contributed by atoms with Gasteiger partial charge in [-0.25, -0.2) is 19.9 Å². The second kappa shape index (κ2) is 7.16. The highest BCUT2D eigenvalue weighted by atomic mass is 15.2. The van der Waals surface area contributed by atoms with Crippen LogP contribution in [0.5, 0.6) is 0 Å². The highest BCUT2D eigenvalue weighted by molar-refractivity contribution is 5.93. The number of imidazole rings is 1. The van der Waals surface area contributed by atoms with Crippen molar-refractivity contribution in [2.24, 2.45) is 0 Å². The van der Waals surface area contributed by atoms with E-state index in [9.17, 15) is 0 Å². The number of hydrogen-bond donors (Lipinski definition) is 1. The Kier molecular flexibility index (Phi) is 4.16. The molecular weight excluding hydrogens is 384 g/mol. The fourth-order valence-corrected chi connectivity index (χ4v) is 4.42. The number of pyridine rings is 1. The minimum Gasteiger partial charge on any atom is -0.351 e. The topological polar surface area (TPSA) is 70.6 Å². The summed E-state index contributed by atoms with van der Waals surface area (Å²) in [5.74, 6) is 1.95. The van der Waals surface area contributed by atoms with Gasteiger partial charge in [0.15, 0.2) is 5.65 Å². The van der Waals surface area contributed by atoms with E-state index in [1.165, 1.54) is 11.1 Å². The molecule has 152 valence electrons. The van der Waals surface area contributed by atoms with Crippen molar-refractivity contribution in [3.63, 3.8) is 0 Å². The van der Waals surface area contributed by atoms with Crippen LogP contribution in [-0.4, -0.2) is 31.5 Å². The molecule has 2 aromatic carbocycles. The molecule has 0 fully saturated rings. The fraction of sp³-hybridized carbons (Fsp3) is 0.200. The van der Waals surface area contributed by atoms with Crippen LogP contribution >= 0.6 is 0 Å². The van der Waals surface area contributed by atoms with Gasteiger partial charge in [0, 0.05) is 36.7 Å². The lowest BCUT2D eigenvalue weighted by Gasteiger charge is -2.30. The van der Waals surface area contributed by atoms with Gasteiger partial charge in [-0.05, 0) is 41.3 Å². The summed E-state index contributed by atoms with van der Waals surface area (Å²) in [5.41, 5.74) is 7.62. The minimum atomic E-state index is 0.831. The number of benzene rings is 2. The molecule has 3 aromatic heterocycles. The first-order chi connectivity index (χ1) is 15.3. The van der Waals surface area contributed by atoms with Crippen LogP contribution < -0.4 is 4.90 Å². The quantitative estimate of drug-likeness (QED) is 0.471. The van der Waals surface area contributed by atoms with Crippen molar-refractivity contribution in [1.29, 1.82) is 0 Å².